The molecule has 1 aromatic heterocycles. The summed E-state index contributed by atoms with van der Waals surface area (Å²) < 4.78 is 35.0. The number of nitrogens with zero attached hydrogens (tertiary/aromatic N) is 1. The Balaban J connectivity index is 1.35. The van der Waals surface area contributed by atoms with Gasteiger partial charge in [-0.3, -0.25) is 19.1 Å². The second kappa shape index (κ2) is 11.3. The van der Waals surface area contributed by atoms with Gasteiger partial charge in [-0.1, -0.05) is 32.5 Å². The second-order valence-corrected chi connectivity index (χ2v) is 11.4. The smallest absolute Gasteiger partial charge is 0.447 e. The molecule has 12 nitrogen and oxygen atoms in total. The van der Waals surface area contributed by atoms with Crippen molar-refractivity contribution in [2.45, 2.75) is 59.2 Å². The maximum atomic E-state index is 12.4. The Labute approximate surface area is 207 Å². The lowest BCUT2D eigenvalue weighted by atomic mass is 9.96. The van der Waals surface area contributed by atoms with Gasteiger partial charge in [-0.15, -0.1) is 9.05 Å². The zero-order valence-corrected chi connectivity index (χ0v) is 21.9. The van der Waals surface area contributed by atoms with Crippen LogP contribution < -0.4 is 16.6 Å². The summed E-state index contributed by atoms with van der Waals surface area (Å²) in [4.78, 5) is 49.5. The number of thioether (sulfide) groups is 1. The summed E-state index contributed by atoms with van der Waals surface area (Å²) in [6.07, 6.45) is -0.711. The van der Waals surface area contributed by atoms with Gasteiger partial charge in [0.1, 0.15) is 18.9 Å². The predicted molar refractivity (Wildman–Crippen MR) is 127 cm³/mol. The zero-order chi connectivity index (χ0) is 25.9. The van der Waals surface area contributed by atoms with E-state index in [9.17, 15) is 23.7 Å². The van der Waals surface area contributed by atoms with Crippen LogP contribution in [0.4, 0.5) is 4.79 Å². The van der Waals surface area contributed by atoms with Crippen LogP contribution in [0.5, 0.6) is 0 Å². The van der Waals surface area contributed by atoms with Crippen molar-refractivity contribution in [2.24, 2.45) is 17.3 Å². The van der Waals surface area contributed by atoms with Crippen LogP contribution >= 0.6 is 20.0 Å². The minimum absolute atomic E-state index is 0.0401. The maximum absolute atomic E-state index is 12.4. The highest BCUT2D eigenvalue weighted by Crippen LogP contribution is 2.57. The molecule has 1 aliphatic heterocycles. The van der Waals surface area contributed by atoms with E-state index in [0.717, 1.165) is 11.8 Å². The topological polar surface area (TPSA) is 155 Å². The summed E-state index contributed by atoms with van der Waals surface area (Å²) in [5, 5.41) is 2.43. The molecule has 1 aliphatic carbocycles. The van der Waals surface area contributed by atoms with Gasteiger partial charge in [-0.05, 0) is 13.8 Å². The van der Waals surface area contributed by atoms with E-state index in [1.807, 2.05) is 6.92 Å². The molecule has 6 atom stereocenters. The second-order valence-electron chi connectivity index (χ2n) is 9.40. The maximum Gasteiger partial charge on any atom is 0.697 e. The molecule has 35 heavy (non-hydrogen) atoms. The minimum atomic E-state index is -2.41. The minimum Gasteiger partial charge on any atom is -0.447 e. The molecule has 2 N–H and O–H groups in total. The van der Waals surface area contributed by atoms with Gasteiger partial charge in [-0.25, -0.2) is 9.59 Å². The van der Waals surface area contributed by atoms with Gasteiger partial charge >= 0.3 is 20.0 Å². The van der Waals surface area contributed by atoms with Crippen LogP contribution in [0.25, 0.3) is 0 Å². The molecule has 3 unspecified atom stereocenters. The number of ether oxygens (including phenoxy) is 2. The van der Waals surface area contributed by atoms with Crippen molar-refractivity contribution in [1.29, 1.82) is 0 Å². The molecule has 2 heterocycles. The van der Waals surface area contributed by atoms with Crippen LogP contribution in [0.2, 0.25) is 0 Å². The van der Waals surface area contributed by atoms with Crippen LogP contribution in [-0.4, -0.2) is 58.0 Å². The highest BCUT2D eigenvalue weighted by atomic mass is 32.2. The molecule has 1 saturated carbocycles. The standard InChI is InChI=1S/C21H30N3O9PS/c1-11(2)31-20(28)22-10-21(4,5)18(26)35-9-8-30-34(29)33-16-14-12(3)17(32-15(14)16)24-7-6-13(25)23-19(24)27/h6-7,11-12,14-17H,8-10H2,1-5H3,(H-,22,23,25,27,28)/p+1/t12-,14?,15-,16?,17+/m0/s1. The number of fused-ring (bicyclic) bond motifs is 1. The number of rotatable bonds is 11. The first-order valence-corrected chi connectivity index (χ1v) is 13.3. The lowest BCUT2D eigenvalue weighted by Gasteiger charge is -2.22. The molecule has 14 heteroatoms. The number of aromatic nitrogens is 2. The summed E-state index contributed by atoms with van der Waals surface area (Å²) in [5.74, 6) is 0.122. The molecular weight excluding hydrogens is 501 g/mol. The lowest BCUT2D eigenvalue weighted by Crippen LogP contribution is -2.39. The summed E-state index contributed by atoms with van der Waals surface area (Å²) in [6.45, 7) is 8.95. The number of nitrogens with one attached hydrogen (secondary N) is 2. The highest BCUT2D eigenvalue weighted by molar-refractivity contribution is 8.13. The predicted octanol–water partition coefficient (Wildman–Crippen LogP) is 2.18. The number of hydrogen-bond acceptors (Lipinski definition) is 10. The van der Waals surface area contributed by atoms with Gasteiger partial charge in [0.25, 0.3) is 5.56 Å². The third-order valence-electron chi connectivity index (χ3n) is 5.71. The van der Waals surface area contributed by atoms with Gasteiger partial charge in [0.2, 0.25) is 0 Å². The van der Waals surface area contributed by atoms with Gasteiger partial charge in [-0.2, -0.15) is 0 Å². The fraction of sp³-hybridized carbons (Fsp3) is 0.714. The summed E-state index contributed by atoms with van der Waals surface area (Å²) in [5.41, 5.74) is -1.85. The fourth-order valence-corrected chi connectivity index (χ4v) is 5.49. The summed E-state index contributed by atoms with van der Waals surface area (Å²) >= 11 is 1.02. The normalized spacial score (nSPS) is 25.8. The molecular formula is C21H31N3O9PS+. The van der Waals surface area contributed by atoms with E-state index >= 15 is 0 Å². The number of carbonyl (C=O) groups excluding carboxylic acids is 2. The van der Waals surface area contributed by atoms with Crippen molar-refractivity contribution in [2.75, 3.05) is 18.9 Å². The third-order valence-corrected chi connectivity index (χ3v) is 7.71. The van der Waals surface area contributed by atoms with Crippen molar-refractivity contribution in [3.8, 4) is 0 Å². The van der Waals surface area contributed by atoms with Crippen molar-refractivity contribution in [3.05, 3.63) is 33.1 Å². The third kappa shape index (κ3) is 7.01. The number of amides is 1. The molecule has 0 radical (unpaired) electrons. The van der Waals surface area contributed by atoms with E-state index in [-0.39, 0.29) is 48.1 Å². The lowest BCUT2D eigenvalue weighted by molar-refractivity contribution is -0.117. The number of aromatic amines is 1. The average Bonchev–Trinajstić information content (AvgIpc) is 3.32. The van der Waals surface area contributed by atoms with Crippen molar-refractivity contribution >= 4 is 31.2 Å². The van der Waals surface area contributed by atoms with Crippen molar-refractivity contribution in [1.82, 2.24) is 14.9 Å². The molecule has 1 aromatic rings. The van der Waals surface area contributed by atoms with E-state index in [2.05, 4.69) is 10.3 Å². The Bertz CT molecular complexity index is 1070. The Morgan fingerprint density at radius 3 is 2.66 bits per heavy atom. The van der Waals surface area contributed by atoms with Crippen LogP contribution in [0.3, 0.4) is 0 Å². The van der Waals surface area contributed by atoms with E-state index in [1.54, 1.807) is 27.7 Å². The van der Waals surface area contributed by atoms with Crippen LogP contribution in [0, 0.1) is 17.3 Å². The number of alkyl carbamates (subject to hydrolysis) is 1. The first-order chi connectivity index (χ1) is 16.4. The molecule has 2 fully saturated rings. The van der Waals surface area contributed by atoms with Gasteiger partial charge in [0, 0.05) is 41.0 Å². The van der Waals surface area contributed by atoms with E-state index in [0.29, 0.717) is 0 Å². The van der Waals surface area contributed by atoms with Crippen molar-refractivity contribution in [3.63, 3.8) is 0 Å². The molecule has 0 spiro atoms. The highest BCUT2D eigenvalue weighted by Gasteiger charge is 2.67. The van der Waals surface area contributed by atoms with E-state index < -0.39 is 43.3 Å². The largest absolute Gasteiger partial charge is 0.697 e. The Hall–Kier alpha value is -2.05. The van der Waals surface area contributed by atoms with Crippen LogP contribution in [0.15, 0.2) is 21.9 Å². The summed E-state index contributed by atoms with van der Waals surface area (Å²) in [7, 11) is -2.41. The first-order valence-electron chi connectivity index (χ1n) is 11.3. The first kappa shape index (κ1) is 27.5. The monoisotopic (exact) mass is 532 g/mol. The molecule has 194 valence electrons. The molecule has 1 amide bonds. The zero-order valence-electron chi connectivity index (χ0n) is 20.2. The Morgan fingerprint density at radius 2 is 2.06 bits per heavy atom. The molecule has 0 bridgehead atoms. The van der Waals surface area contributed by atoms with Crippen molar-refractivity contribution < 1.29 is 32.7 Å². The number of H-pyrrole nitrogens is 1. The molecule has 3 rings (SSSR count). The molecule has 0 aromatic carbocycles. The molecule has 1 saturated heterocycles. The average molecular weight is 533 g/mol. The quantitative estimate of drug-likeness (QED) is 0.320. The van der Waals surface area contributed by atoms with Crippen LogP contribution in [-0.2, 0) is 27.9 Å². The fourth-order valence-electron chi connectivity index (χ4n) is 3.79. The van der Waals surface area contributed by atoms with Crippen LogP contribution in [0.1, 0.15) is 40.8 Å². The Morgan fingerprint density at radius 1 is 1.34 bits per heavy atom. The van der Waals surface area contributed by atoms with Gasteiger partial charge in [0.05, 0.1) is 17.6 Å². The molecule has 2 aliphatic rings. The number of carbonyl (C=O) groups is 2. The summed E-state index contributed by atoms with van der Waals surface area (Å²) in [6, 6.07) is 1.25. The van der Waals surface area contributed by atoms with E-state index in [1.165, 1.54) is 16.8 Å². The van der Waals surface area contributed by atoms with E-state index in [4.69, 9.17) is 18.5 Å². The Kier molecular flexibility index (Phi) is 8.92. The SMILES string of the molecule is CC(C)OC(=O)NCC(C)(C)C(=O)SCCO[P+](=O)OC1C2[C@@H]1O[C@@H](n1ccc(=O)[nH]c1=O)[C@H]2C. The van der Waals surface area contributed by atoms with Gasteiger partial charge in [0.15, 0.2) is 5.12 Å². The number of hydrogen-bond donors (Lipinski definition) is 2. The van der Waals surface area contributed by atoms with Gasteiger partial charge < -0.3 is 14.8 Å².